The third-order valence-electron chi connectivity index (χ3n) is 15.8. The molecule has 0 aromatic rings. The molecule has 0 aromatic heterocycles. The molecule has 0 spiro atoms. The molecule has 0 aliphatic rings. The number of esters is 1. The third kappa shape index (κ3) is 59.6. The maximum absolute atomic E-state index is 12.4. The van der Waals surface area contributed by atoms with Crippen molar-refractivity contribution in [3.63, 3.8) is 0 Å². The van der Waals surface area contributed by atoms with Gasteiger partial charge in [0.15, 0.2) is 0 Å². The van der Waals surface area contributed by atoms with E-state index in [9.17, 15) is 19.8 Å². The van der Waals surface area contributed by atoms with Crippen LogP contribution in [-0.2, 0) is 14.3 Å². The fourth-order valence-corrected chi connectivity index (χ4v) is 10.6. The van der Waals surface area contributed by atoms with Gasteiger partial charge in [-0.2, -0.15) is 0 Å². The number of rotatable bonds is 63. The first kappa shape index (κ1) is 72.3. The predicted octanol–water partition coefficient (Wildman–Crippen LogP) is 21.4. The van der Waals surface area contributed by atoms with Gasteiger partial charge in [0.25, 0.3) is 0 Å². The lowest BCUT2D eigenvalue weighted by molar-refractivity contribution is -0.143. The Hall–Kier alpha value is -1.66. The van der Waals surface area contributed by atoms with Gasteiger partial charge in [-0.05, 0) is 57.8 Å². The molecule has 0 aliphatic carbocycles. The molecule has 0 rings (SSSR count). The van der Waals surface area contributed by atoms with Gasteiger partial charge in [0.1, 0.15) is 0 Å². The van der Waals surface area contributed by atoms with Gasteiger partial charge in [-0.25, -0.2) is 0 Å². The van der Waals surface area contributed by atoms with E-state index in [2.05, 4.69) is 43.5 Å². The molecule has 2 atom stereocenters. The van der Waals surface area contributed by atoms with E-state index < -0.39 is 12.1 Å². The highest BCUT2D eigenvalue weighted by Gasteiger charge is 2.20. The van der Waals surface area contributed by atoms with Crippen LogP contribution in [0.15, 0.2) is 24.3 Å². The van der Waals surface area contributed by atoms with Gasteiger partial charge in [-0.15, -0.1) is 0 Å². The summed E-state index contributed by atoms with van der Waals surface area (Å²) in [6.07, 6.45) is 79.4. The van der Waals surface area contributed by atoms with Crippen molar-refractivity contribution in [3.8, 4) is 0 Å². The Labute approximate surface area is 462 Å². The number of aliphatic hydroxyl groups is 2. The molecule has 3 N–H and O–H groups in total. The first-order valence-electron chi connectivity index (χ1n) is 33.6. The number of hydrogen-bond donors (Lipinski definition) is 3. The summed E-state index contributed by atoms with van der Waals surface area (Å²) in [7, 11) is 0. The number of nitrogens with one attached hydrogen (secondary N) is 1. The fourth-order valence-electron chi connectivity index (χ4n) is 10.6. The van der Waals surface area contributed by atoms with Crippen LogP contribution in [0.3, 0.4) is 0 Å². The topological polar surface area (TPSA) is 95.9 Å². The van der Waals surface area contributed by atoms with E-state index in [-0.39, 0.29) is 18.5 Å². The van der Waals surface area contributed by atoms with Crippen LogP contribution in [0.2, 0.25) is 0 Å². The van der Waals surface area contributed by atoms with E-state index >= 15 is 0 Å². The van der Waals surface area contributed by atoms with Crippen molar-refractivity contribution in [1.82, 2.24) is 5.32 Å². The van der Waals surface area contributed by atoms with Crippen LogP contribution in [0.5, 0.6) is 0 Å². The summed E-state index contributed by atoms with van der Waals surface area (Å²) in [5.41, 5.74) is 0. The average molecular weight is 1040 g/mol. The van der Waals surface area contributed by atoms with Crippen LogP contribution in [0, 0.1) is 0 Å². The lowest BCUT2D eigenvalue weighted by Gasteiger charge is -2.22. The van der Waals surface area contributed by atoms with E-state index in [0.717, 1.165) is 51.4 Å². The zero-order valence-corrected chi connectivity index (χ0v) is 50.1. The third-order valence-corrected chi connectivity index (χ3v) is 15.8. The molecular formula is C68H131NO5. The lowest BCUT2D eigenvalue weighted by Crippen LogP contribution is -2.45. The van der Waals surface area contributed by atoms with E-state index in [1.165, 1.54) is 289 Å². The molecule has 438 valence electrons. The van der Waals surface area contributed by atoms with Gasteiger partial charge < -0.3 is 20.3 Å². The molecule has 0 aromatic carbocycles. The molecule has 1 amide bonds. The van der Waals surface area contributed by atoms with Crippen LogP contribution in [0.4, 0.5) is 0 Å². The number of unbranched alkanes of at least 4 members (excludes halogenated alkanes) is 48. The van der Waals surface area contributed by atoms with Crippen LogP contribution < -0.4 is 5.32 Å². The predicted molar refractivity (Wildman–Crippen MR) is 324 cm³/mol. The molecule has 0 bridgehead atoms. The molecule has 74 heavy (non-hydrogen) atoms. The first-order chi connectivity index (χ1) is 36.5. The fraction of sp³-hybridized carbons (Fsp3) is 0.912. The highest BCUT2D eigenvalue weighted by molar-refractivity contribution is 5.76. The number of aliphatic hydroxyl groups excluding tert-OH is 2. The van der Waals surface area contributed by atoms with Gasteiger partial charge in [-0.1, -0.05) is 327 Å². The minimum absolute atomic E-state index is 0.00751. The van der Waals surface area contributed by atoms with Crippen molar-refractivity contribution in [3.05, 3.63) is 24.3 Å². The van der Waals surface area contributed by atoms with Crippen molar-refractivity contribution in [2.24, 2.45) is 0 Å². The minimum Gasteiger partial charge on any atom is -0.466 e. The maximum atomic E-state index is 12.4. The summed E-state index contributed by atoms with van der Waals surface area (Å²) in [6, 6.07) is -0.536. The van der Waals surface area contributed by atoms with Gasteiger partial charge in [-0.3, -0.25) is 9.59 Å². The van der Waals surface area contributed by atoms with Crippen molar-refractivity contribution in [2.45, 2.75) is 386 Å². The standard InChI is InChI=1S/C68H131NO5/c1-3-5-7-9-11-13-15-16-17-36-39-42-46-50-54-58-62-68(73)74-63-59-55-51-47-43-40-37-34-32-30-28-26-24-22-20-18-19-21-23-25-27-29-31-33-35-38-41-45-49-53-57-61-67(72)69-65(64-70)66(71)60-56-52-48-44-14-12-10-8-6-4-2/h13,15,17,36,65-66,70-71H,3-12,14,16,18-35,37-64H2,1-2H3,(H,69,72)/b15-13-,36-17-. The molecule has 0 radical (unpaired) electrons. The van der Waals surface area contributed by atoms with Crippen molar-refractivity contribution >= 4 is 11.9 Å². The Bertz CT molecular complexity index is 1150. The maximum Gasteiger partial charge on any atom is 0.305 e. The highest BCUT2D eigenvalue weighted by atomic mass is 16.5. The minimum atomic E-state index is -0.659. The normalized spacial score (nSPS) is 12.6. The second-order valence-corrected chi connectivity index (χ2v) is 23.2. The molecule has 0 aliphatic heterocycles. The number of ether oxygens (including phenoxy) is 1. The first-order valence-corrected chi connectivity index (χ1v) is 33.6. The highest BCUT2D eigenvalue weighted by Crippen LogP contribution is 2.19. The van der Waals surface area contributed by atoms with Crippen molar-refractivity contribution in [1.29, 1.82) is 0 Å². The Morgan fingerprint density at radius 2 is 0.676 bits per heavy atom. The second kappa shape index (κ2) is 63.9. The average Bonchev–Trinajstić information content (AvgIpc) is 3.40. The quantitative estimate of drug-likeness (QED) is 0.0320. The van der Waals surface area contributed by atoms with Crippen LogP contribution in [0.1, 0.15) is 373 Å². The Morgan fingerprint density at radius 3 is 1.04 bits per heavy atom. The summed E-state index contributed by atoms with van der Waals surface area (Å²) in [6.45, 7) is 4.94. The second-order valence-electron chi connectivity index (χ2n) is 23.2. The van der Waals surface area contributed by atoms with Crippen LogP contribution in [0.25, 0.3) is 0 Å². The number of carbonyl (C=O) groups is 2. The van der Waals surface area contributed by atoms with Crippen molar-refractivity contribution < 1.29 is 24.5 Å². The van der Waals surface area contributed by atoms with Gasteiger partial charge in [0, 0.05) is 12.8 Å². The molecule has 2 unspecified atom stereocenters. The SMILES string of the molecule is CCCCCC/C=C\C/C=C\CCCCCCCC(=O)OCCCCCCCCCCCCCCCCCCCCCCCCCCCCCCCCCC(=O)NC(CO)C(O)CCCCCCCCCCCC. The molecule has 0 heterocycles. The Kier molecular flexibility index (Phi) is 62.4. The van der Waals surface area contributed by atoms with Gasteiger partial charge >= 0.3 is 5.97 Å². The van der Waals surface area contributed by atoms with E-state index in [1.807, 2.05) is 0 Å². The van der Waals surface area contributed by atoms with E-state index in [1.54, 1.807) is 0 Å². The van der Waals surface area contributed by atoms with E-state index in [4.69, 9.17) is 4.74 Å². The lowest BCUT2D eigenvalue weighted by atomic mass is 10.0. The largest absolute Gasteiger partial charge is 0.466 e. The Morgan fingerprint density at radius 1 is 0.378 bits per heavy atom. The van der Waals surface area contributed by atoms with Crippen molar-refractivity contribution in [2.75, 3.05) is 13.2 Å². The number of allylic oxidation sites excluding steroid dienone is 4. The molecule has 0 saturated carbocycles. The van der Waals surface area contributed by atoms with Gasteiger partial charge in [0.05, 0.1) is 25.4 Å². The van der Waals surface area contributed by atoms with E-state index in [0.29, 0.717) is 25.9 Å². The molecule has 6 nitrogen and oxygen atoms in total. The summed E-state index contributed by atoms with van der Waals surface area (Å²) < 4.78 is 5.49. The number of carbonyl (C=O) groups excluding carboxylic acids is 2. The Balaban J connectivity index is 3.30. The molecule has 6 heteroatoms. The monoisotopic (exact) mass is 1040 g/mol. The summed E-state index contributed by atoms with van der Waals surface area (Å²) in [4.78, 5) is 24.5. The zero-order valence-electron chi connectivity index (χ0n) is 50.1. The zero-order chi connectivity index (χ0) is 53.6. The smallest absolute Gasteiger partial charge is 0.305 e. The summed E-state index contributed by atoms with van der Waals surface area (Å²) in [5, 5.41) is 23.2. The molecule has 0 fully saturated rings. The summed E-state index contributed by atoms with van der Waals surface area (Å²) in [5.74, 6) is -0.0234. The number of amides is 1. The molecular weight excluding hydrogens is 911 g/mol. The van der Waals surface area contributed by atoms with Gasteiger partial charge in [0.2, 0.25) is 5.91 Å². The van der Waals surface area contributed by atoms with Crippen LogP contribution in [-0.4, -0.2) is 47.4 Å². The van der Waals surface area contributed by atoms with Crippen LogP contribution >= 0.6 is 0 Å². The molecule has 0 saturated heterocycles. The number of hydrogen-bond acceptors (Lipinski definition) is 5. The summed E-state index contributed by atoms with van der Waals surface area (Å²) >= 11 is 0.